The predicted molar refractivity (Wildman–Crippen MR) is 49.0 cm³/mol. The van der Waals surface area contributed by atoms with Crippen molar-refractivity contribution >= 4 is 0 Å². The van der Waals surface area contributed by atoms with Crippen LogP contribution in [0, 0.1) is 0 Å². The number of nitrogens with zero attached hydrogens (tertiary/aromatic N) is 1. The molecular weight excluding hydrogens is 148 g/mol. The zero-order valence-electron chi connectivity index (χ0n) is 7.16. The van der Waals surface area contributed by atoms with Crippen molar-refractivity contribution in [1.82, 2.24) is 10.3 Å². The molecule has 0 radical (unpaired) electrons. The van der Waals surface area contributed by atoms with Crippen molar-refractivity contribution in [3.63, 3.8) is 0 Å². The summed E-state index contributed by atoms with van der Waals surface area (Å²) in [7, 11) is 0. The highest BCUT2D eigenvalue weighted by atomic mass is 14.9. The van der Waals surface area contributed by atoms with Crippen molar-refractivity contribution < 1.29 is 0 Å². The lowest BCUT2D eigenvalue weighted by Crippen LogP contribution is -2.23. The third-order valence-electron chi connectivity index (χ3n) is 2.39. The number of rotatable bonds is 2. The van der Waals surface area contributed by atoms with Crippen molar-refractivity contribution in [2.75, 3.05) is 6.54 Å². The first kappa shape index (κ1) is 7.74. The van der Waals surface area contributed by atoms with Gasteiger partial charge in [0.1, 0.15) is 0 Å². The molecule has 0 aliphatic carbocycles. The van der Waals surface area contributed by atoms with Crippen LogP contribution in [0.2, 0.25) is 0 Å². The molecule has 2 nitrogen and oxygen atoms in total. The van der Waals surface area contributed by atoms with Crippen LogP contribution < -0.4 is 5.32 Å². The highest BCUT2D eigenvalue weighted by Crippen LogP contribution is 2.10. The maximum absolute atomic E-state index is 4.00. The van der Waals surface area contributed by atoms with E-state index < -0.39 is 0 Å². The summed E-state index contributed by atoms with van der Waals surface area (Å²) in [4.78, 5) is 4.00. The standard InChI is InChI=1S/C10H14N2/c1-2-10(12-5-1)8-9-3-6-11-7-4-9/h3-4,6-7,10,12H,1-2,5,8H2. The molecule has 12 heavy (non-hydrogen) atoms. The molecule has 0 aromatic carbocycles. The van der Waals surface area contributed by atoms with E-state index in [1.807, 2.05) is 12.4 Å². The largest absolute Gasteiger partial charge is 0.314 e. The van der Waals surface area contributed by atoms with Crippen molar-refractivity contribution in [2.24, 2.45) is 0 Å². The SMILES string of the molecule is c1cc(CC2CCCN2)ccn1. The Kier molecular flexibility index (Phi) is 2.37. The highest BCUT2D eigenvalue weighted by molar-refractivity contribution is 5.11. The first-order valence-corrected chi connectivity index (χ1v) is 4.57. The predicted octanol–water partition coefficient (Wildman–Crippen LogP) is 1.38. The van der Waals surface area contributed by atoms with Gasteiger partial charge >= 0.3 is 0 Å². The Morgan fingerprint density at radius 3 is 2.92 bits per heavy atom. The average molecular weight is 162 g/mol. The molecule has 1 aromatic heterocycles. The number of nitrogens with one attached hydrogen (secondary N) is 1. The molecule has 1 unspecified atom stereocenters. The van der Waals surface area contributed by atoms with Crippen LogP contribution in [0.5, 0.6) is 0 Å². The molecule has 64 valence electrons. The lowest BCUT2D eigenvalue weighted by molar-refractivity contribution is 0.603. The third-order valence-corrected chi connectivity index (χ3v) is 2.39. The van der Waals surface area contributed by atoms with E-state index in [0.717, 1.165) is 6.42 Å². The van der Waals surface area contributed by atoms with Crippen molar-refractivity contribution in [3.8, 4) is 0 Å². The first-order valence-electron chi connectivity index (χ1n) is 4.57. The third kappa shape index (κ3) is 1.83. The van der Waals surface area contributed by atoms with E-state index >= 15 is 0 Å². The Morgan fingerprint density at radius 2 is 2.25 bits per heavy atom. The maximum Gasteiger partial charge on any atom is 0.0270 e. The molecule has 1 aromatic rings. The zero-order valence-corrected chi connectivity index (χ0v) is 7.16. The van der Waals surface area contributed by atoms with Crippen molar-refractivity contribution in [1.29, 1.82) is 0 Å². The van der Waals surface area contributed by atoms with Crippen LogP contribution in [-0.2, 0) is 6.42 Å². The van der Waals surface area contributed by atoms with Gasteiger partial charge in [-0.25, -0.2) is 0 Å². The Morgan fingerprint density at radius 1 is 1.42 bits per heavy atom. The molecule has 1 aliphatic rings. The Hall–Kier alpha value is -0.890. The average Bonchev–Trinajstić information content (AvgIpc) is 2.59. The van der Waals surface area contributed by atoms with E-state index in [1.165, 1.54) is 24.9 Å². The fraction of sp³-hybridized carbons (Fsp3) is 0.500. The molecular formula is C10H14N2. The topological polar surface area (TPSA) is 24.9 Å². The van der Waals surface area contributed by atoms with Gasteiger partial charge in [0.25, 0.3) is 0 Å². The van der Waals surface area contributed by atoms with E-state index in [0.29, 0.717) is 6.04 Å². The smallest absolute Gasteiger partial charge is 0.0270 e. The highest BCUT2D eigenvalue weighted by Gasteiger charge is 2.13. The molecule has 1 atom stereocenters. The lowest BCUT2D eigenvalue weighted by Gasteiger charge is -2.08. The van der Waals surface area contributed by atoms with Gasteiger partial charge in [-0.05, 0) is 43.5 Å². The Bertz CT molecular complexity index is 227. The second-order valence-corrected chi connectivity index (χ2v) is 3.35. The molecule has 2 heterocycles. The van der Waals surface area contributed by atoms with E-state index in [4.69, 9.17) is 0 Å². The van der Waals surface area contributed by atoms with Crippen molar-refractivity contribution in [2.45, 2.75) is 25.3 Å². The summed E-state index contributed by atoms with van der Waals surface area (Å²) in [6.45, 7) is 1.19. The van der Waals surface area contributed by atoms with E-state index in [9.17, 15) is 0 Å². The second kappa shape index (κ2) is 3.68. The normalized spacial score (nSPS) is 22.8. The summed E-state index contributed by atoms with van der Waals surface area (Å²) in [5.41, 5.74) is 1.39. The molecule has 0 amide bonds. The molecule has 0 saturated carbocycles. The minimum absolute atomic E-state index is 0.701. The van der Waals surface area contributed by atoms with Crippen LogP contribution in [-0.4, -0.2) is 17.6 Å². The number of hydrogen-bond acceptors (Lipinski definition) is 2. The van der Waals surface area contributed by atoms with Gasteiger partial charge in [-0.2, -0.15) is 0 Å². The monoisotopic (exact) mass is 162 g/mol. The molecule has 1 saturated heterocycles. The fourth-order valence-corrected chi connectivity index (χ4v) is 1.73. The van der Waals surface area contributed by atoms with Gasteiger partial charge in [-0.1, -0.05) is 0 Å². The molecule has 1 fully saturated rings. The summed E-state index contributed by atoms with van der Waals surface area (Å²) >= 11 is 0. The summed E-state index contributed by atoms with van der Waals surface area (Å²) < 4.78 is 0. The van der Waals surface area contributed by atoms with Crippen LogP contribution in [0.15, 0.2) is 24.5 Å². The van der Waals surface area contributed by atoms with Crippen LogP contribution in [0.1, 0.15) is 18.4 Å². The van der Waals surface area contributed by atoms with Crippen LogP contribution in [0.4, 0.5) is 0 Å². The van der Waals surface area contributed by atoms with Crippen LogP contribution in [0.25, 0.3) is 0 Å². The lowest BCUT2D eigenvalue weighted by atomic mass is 10.1. The fourth-order valence-electron chi connectivity index (χ4n) is 1.73. The van der Waals surface area contributed by atoms with Gasteiger partial charge in [0, 0.05) is 18.4 Å². The zero-order chi connectivity index (χ0) is 8.23. The molecule has 2 rings (SSSR count). The summed E-state index contributed by atoms with van der Waals surface area (Å²) in [6.07, 6.45) is 7.54. The van der Waals surface area contributed by atoms with Gasteiger partial charge in [-0.15, -0.1) is 0 Å². The van der Waals surface area contributed by atoms with E-state index in [2.05, 4.69) is 22.4 Å². The number of aromatic nitrogens is 1. The van der Waals surface area contributed by atoms with E-state index in [-0.39, 0.29) is 0 Å². The quantitative estimate of drug-likeness (QED) is 0.710. The minimum Gasteiger partial charge on any atom is -0.314 e. The molecule has 0 spiro atoms. The van der Waals surface area contributed by atoms with Gasteiger partial charge in [0.2, 0.25) is 0 Å². The minimum atomic E-state index is 0.701. The Labute approximate surface area is 73.0 Å². The second-order valence-electron chi connectivity index (χ2n) is 3.35. The molecule has 0 bridgehead atoms. The van der Waals surface area contributed by atoms with Crippen molar-refractivity contribution in [3.05, 3.63) is 30.1 Å². The summed E-state index contributed by atoms with van der Waals surface area (Å²) in [6, 6.07) is 4.90. The van der Waals surface area contributed by atoms with E-state index in [1.54, 1.807) is 0 Å². The van der Waals surface area contributed by atoms with Gasteiger partial charge < -0.3 is 5.32 Å². The van der Waals surface area contributed by atoms with Gasteiger partial charge in [0.05, 0.1) is 0 Å². The molecule has 1 aliphatic heterocycles. The molecule has 2 heteroatoms. The van der Waals surface area contributed by atoms with Gasteiger partial charge in [-0.3, -0.25) is 4.98 Å². The maximum atomic E-state index is 4.00. The van der Waals surface area contributed by atoms with Crippen LogP contribution in [0.3, 0.4) is 0 Å². The summed E-state index contributed by atoms with van der Waals surface area (Å²) in [5.74, 6) is 0. The Balaban J connectivity index is 1.94. The molecule has 1 N–H and O–H groups in total. The number of pyridine rings is 1. The summed E-state index contributed by atoms with van der Waals surface area (Å²) in [5, 5.41) is 3.48. The first-order chi connectivity index (χ1) is 5.95. The van der Waals surface area contributed by atoms with Crippen LogP contribution >= 0.6 is 0 Å². The number of hydrogen-bond donors (Lipinski definition) is 1. The van der Waals surface area contributed by atoms with Gasteiger partial charge in [0.15, 0.2) is 0 Å².